The van der Waals surface area contributed by atoms with Crippen LogP contribution in [0.2, 0.25) is 0 Å². The van der Waals surface area contributed by atoms with E-state index in [1.807, 2.05) is 17.9 Å². The smallest absolute Gasteiger partial charge is 0.331 e. The van der Waals surface area contributed by atoms with Crippen LogP contribution in [0.4, 0.5) is 0 Å². The van der Waals surface area contributed by atoms with Gasteiger partial charge in [-0.1, -0.05) is 121 Å². The summed E-state index contributed by atoms with van der Waals surface area (Å²) in [5.74, 6) is 2.46. The van der Waals surface area contributed by atoms with Crippen molar-refractivity contribution in [2.24, 2.45) is 0 Å². The maximum absolute atomic E-state index is 12.8. The van der Waals surface area contributed by atoms with E-state index in [2.05, 4.69) is 109 Å². The van der Waals surface area contributed by atoms with Crippen molar-refractivity contribution in [3.8, 4) is 0 Å². The molecular formula is C28H26O2P2. The Labute approximate surface area is 191 Å². The molecule has 0 heterocycles. The number of hydrogen-bond acceptors (Lipinski definition) is 2. The Morgan fingerprint density at radius 3 is 1.44 bits per heavy atom. The van der Waals surface area contributed by atoms with Crippen LogP contribution in [0, 0.1) is 0 Å². The summed E-state index contributed by atoms with van der Waals surface area (Å²) in [5, 5.41) is 5.00. The monoisotopic (exact) mass is 456 g/mol. The van der Waals surface area contributed by atoms with Crippen molar-refractivity contribution in [1.82, 2.24) is 0 Å². The van der Waals surface area contributed by atoms with Gasteiger partial charge in [-0.05, 0) is 36.0 Å². The topological polar surface area (TPSA) is 26.3 Å². The van der Waals surface area contributed by atoms with E-state index in [1.54, 1.807) is 0 Å². The molecule has 32 heavy (non-hydrogen) atoms. The lowest BCUT2D eigenvalue weighted by Gasteiger charge is -2.32. The van der Waals surface area contributed by atoms with Gasteiger partial charge in [-0.2, -0.15) is 0 Å². The van der Waals surface area contributed by atoms with Crippen molar-refractivity contribution in [3.05, 3.63) is 121 Å². The molecule has 0 aromatic heterocycles. The molecule has 0 aliphatic heterocycles. The highest BCUT2D eigenvalue weighted by molar-refractivity contribution is 7.98. The summed E-state index contributed by atoms with van der Waals surface area (Å²) in [6, 6.07) is 42.3. The second-order valence-corrected chi connectivity index (χ2v) is 13.5. The molecule has 0 spiro atoms. The van der Waals surface area contributed by atoms with Crippen LogP contribution in [-0.4, -0.2) is 24.8 Å². The largest absolute Gasteiger partial charge is 0.466 e. The second-order valence-electron chi connectivity index (χ2n) is 7.43. The molecule has 0 atom stereocenters. The molecule has 0 saturated carbocycles. The third-order valence-electron chi connectivity index (χ3n) is 5.46. The molecule has 0 bridgehead atoms. The number of carbonyl (C=O) groups excluding carboxylic acids is 1. The molecule has 0 radical (unpaired) electrons. The summed E-state index contributed by atoms with van der Waals surface area (Å²) >= 11 is 0. The van der Waals surface area contributed by atoms with Gasteiger partial charge in [-0.25, -0.2) is 4.79 Å². The number of carbonyl (C=O) groups is 1. The average molecular weight is 456 g/mol. The van der Waals surface area contributed by atoms with Crippen LogP contribution in [0.15, 0.2) is 121 Å². The van der Waals surface area contributed by atoms with Gasteiger partial charge < -0.3 is 4.74 Å². The van der Waals surface area contributed by atoms with Gasteiger partial charge in [0, 0.05) is 11.7 Å². The Morgan fingerprint density at radius 2 is 1.06 bits per heavy atom. The predicted molar refractivity (Wildman–Crippen MR) is 141 cm³/mol. The predicted octanol–water partition coefficient (Wildman–Crippen LogP) is 4.72. The first-order valence-corrected chi connectivity index (χ1v) is 14.1. The van der Waals surface area contributed by atoms with Crippen LogP contribution in [0.5, 0.6) is 0 Å². The number of rotatable bonds is 7. The fourth-order valence-corrected chi connectivity index (χ4v) is 12.4. The molecule has 0 saturated heterocycles. The van der Waals surface area contributed by atoms with Gasteiger partial charge in [-0.3, -0.25) is 0 Å². The van der Waals surface area contributed by atoms with Crippen molar-refractivity contribution in [1.29, 1.82) is 0 Å². The summed E-state index contributed by atoms with van der Waals surface area (Å²) in [5.41, 5.74) is 0. The zero-order valence-electron chi connectivity index (χ0n) is 18.0. The highest BCUT2D eigenvalue weighted by Crippen LogP contribution is 2.55. The van der Waals surface area contributed by atoms with Crippen molar-refractivity contribution >= 4 is 47.8 Å². The molecule has 160 valence electrons. The van der Waals surface area contributed by atoms with E-state index < -0.39 is 14.8 Å². The van der Waals surface area contributed by atoms with Crippen molar-refractivity contribution in [3.63, 3.8) is 0 Å². The Morgan fingerprint density at radius 1 is 0.688 bits per heavy atom. The van der Waals surface area contributed by atoms with E-state index in [4.69, 9.17) is 4.74 Å². The lowest BCUT2D eigenvalue weighted by atomic mass is 10.4. The minimum absolute atomic E-state index is 0.276. The first kappa shape index (κ1) is 22.3. The highest BCUT2D eigenvalue weighted by atomic mass is 31.2. The number of hydrogen-bond donors (Lipinski definition) is 0. The molecule has 4 aromatic rings. The van der Waals surface area contributed by atoms with E-state index in [0.717, 1.165) is 5.90 Å². The molecule has 0 aliphatic rings. The third-order valence-corrected chi connectivity index (χ3v) is 13.3. The van der Waals surface area contributed by atoms with E-state index >= 15 is 0 Å². The Bertz CT molecular complexity index is 1110. The standard InChI is InChI=1S/C28H26O2P2/c1-30-28(29)22-32(26-18-10-4-11-19-26,27-20-12-5-13-21-27)23-31(24-14-6-2-7-15-24)25-16-8-3-9-17-25/h2-22H,23H2,1H3. The molecule has 2 nitrogen and oxygen atoms in total. The van der Waals surface area contributed by atoms with Crippen LogP contribution in [0.25, 0.3) is 0 Å². The Hall–Kier alpha value is -2.92. The van der Waals surface area contributed by atoms with E-state index in [9.17, 15) is 4.79 Å². The van der Waals surface area contributed by atoms with Gasteiger partial charge in [0.1, 0.15) is 0 Å². The summed E-state index contributed by atoms with van der Waals surface area (Å²) in [7, 11) is 0.748. The van der Waals surface area contributed by atoms with Crippen molar-refractivity contribution in [2.45, 2.75) is 0 Å². The van der Waals surface area contributed by atoms with Crippen LogP contribution < -0.4 is 21.2 Å². The Balaban J connectivity index is 1.99. The summed E-state index contributed by atoms with van der Waals surface area (Å²) < 4.78 is 5.18. The molecule has 4 aromatic carbocycles. The van der Waals surface area contributed by atoms with E-state index in [-0.39, 0.29) is 5.97 Å². The lowest BCUT2D eigenvalue weighted by Crippen LogP contribution is -2.26. The number of benzene rings is 4. The van der Waals surface area contributed by atoms with Crippen LogP contribution >= 0.6 is 14.8 Å². The highest BCUT2D eigenvalue weighted by Gasteiger charge is 2.29. The molecule has 0 unspecified atom stereocenters. The molecule has 0 amide bonds. The van der Waals surface area contributed by atoms with Gasteiger partial charge in [-0.15, -0.1) is 0 Å². The van der Waals surface area contributed by atoms with Crippen LogP contribution in [0.1, 0.15) is 0 Å². The van der Waals surface area contributed by atoms with Gasteiger partial charge in [0.25, 0.3) is 0 Å². The minimum atomic E-state index is -2.23. The molecule has 0 aliphatic carbocycles. The number of ether oxygens (including phenoxy) is 1. The zero-order chi connectivity index (χ0) is 22.2. The van der Waals surface area contributed by atoms with E-state index in [0.29, 0.717) is 0 Å². The lowest BCUT2D eigenvalue weighted by molar-refractivity contribution is -0.132. The normalized spacial score (nSPS) is 11.2. The fraction of sp³-hybridized carbons (Fsp3) is 0.0714. The average Bonchev–Trinajstić information content (AvgIpc) is 2.88. The summed E-state index contributed by atoms with van der Waals surface area (Å²) in [6.45, 7) is -2.23. The number of methoxy groups -OCH3 is 1. The fourth-order valence-electron chi connectivity index (χ4n) is 3.87. The van der Waals surface area contributed by atoms with Gasteiger partial charge in [0.05, 0.1) is 7.11 Å². The minimum Gasteiger partial charge on any atom is -0.466 e. The first-order valence-electron chi connectivity index (χ1n) is 10.5. The maximum atomic E-state index is 12.8. The summed E-state index contributed by atoms with van der Waals surface area (Å²) in [6.07, 6.45) is 0. The first-order chi connectivity index (χ1) is 15.7. The van der Waals surface area contributed by atoms with Gasteiger partial charge >= 0.3 is 5.97 Å². The molecule has 4 rings (SSSR count). The summed E-state index contributed by atoms with van der Waals surface area (Å²) in [4.78, 5) is 12.8. The van der Waals surface area contributed by atoms with Gasteiger partial charge in [0.2, 0.25) is 0 Å². The molecule has 4 heteroatoms. The molecule has 0 fully saturated rings. The van der Waals surface area contributed by atoms with Crippen molar-refractivity contribution in [2.75, 3.05) is 13.0 Å². The van der Waals surface area contributed by atoms with Gasteiger partial charge in [0.15, 0.2) is 0 Å². The zero-order valence-corrected chi connectivity index (χ0v) is 19.8. The molecule has 0 N–H and O–H groups in total. The van der Waals surface area contributed by atoms with Crippen molar-refractivity contribution < 1.29 is 9.53 Å². The van der Waals surface area contributed by atoms with E-state index in [1.165, 1.54) is 28.3 Å². The maximum Gasteiger partial charge on any atom is 0.331 e. The Kier molecular flexibility index (Phi) is 7.38. The second kappa shape index (κ2) is 10.6. The molecular weight excluding hydrogens is 430 g/mol. The van der Waals surface area contributed by atoms with Crippen LogP contribution in [0.3, 0.4) is 0 Å². The number of esters is 1. The van der Waals surface area contributed by atoms with Crippen LogP contribution in [-0.2, 0) is 9.53 Å². The quantitative estimate of drug-likeness (QED) is 0.297. The SMILES string of the molecule is COC(=O)C=P(CP(c1ccccc1)c1ccccc1)(c1ccccc1)c1ccccc1. The third kappa shape index (κ3) is 4.94.